The van der Waals surface area contributed by atoms with E-state index in [9.17, 15) is 9.90 Å². The summed E-state index contributed by atoms with van der Waals surface area (Å²) in [6.45, 7) is 7.63. The smallest absolute Gasteiger partial charge is 0.314 e. The predicted molar refractivity (Wildman–Crippen MR) is 77.0 cm³/mol. The maximum absolute atomic E-state index is 11.5. The minimum Gasteiger partial charge on any atom is -0.387 e. The Hall–Kier alpha value is -0.420. The van der Waals surface area contributed by atoms with Gasteiger partial charge in [0, 0.05) is 18.8 Å². The second kappa shape index (κ2) is 6.66. The molecule has 18 heavy (non-hydrogen) atoms. The number of aliphatic hydroxyl groups is 1. The molecule has 106 valence electrons. The quantitative estimate of drug-likeness (QED) is 0.672. The van der Waals surface area contributed by atoms with Crippen molar-refractivity contribution in [3.8, 4) is 0 Å². The van der Waals surface area contributed by atoms with Crippen molar-refractivity contribution < 1.29 is 9.90 Å². The molecule has 1 saturated heterocycles. The van der Waals surface area contributed by atoms with E-state index in [1.165, 1.54) is 0 Å². The fourth-order valence-corrected chi connectivity index (χ4v) is 3.16. The monoisotopic (exact) mass is 274 g/mol. The second-order valence-corrected chi connectivity index (χ2v) is 7.41. The number of nitrogens with one attached hydrogen (secondary N) is 2. The third-order valence-electron chi connectivity index (χ3n) is 3.05. The Morgan fingerprint density at radius 2 is 2.11 bits per heavy atom. The lowest BCUT2D eigenvalue weighted by molar-refractivity contribution is 0.0700. The van der Waals surface area contributed by atoms with Gasteiger partial charge in [0.05, 0.1) is 5.60 Å². The molecule has 1 heterocycles. The number of carbonyl (C=O) groups is 1. The van der Waals surface area contributed by atoms with E-state index in [2.05, 4.69) is 31.4 Å². The molecule has 0 aliphatic carbocycles. The number of hydrogen-bond donors (Lipinski definition) is 3. The van der Waals surface area contributed by atoms with Gasteiger partial charge in [0.15, 0.2) is 0 Å². The minimum absolute atomic E-state index is 0.172. The lowest BCUT2D eigenvalue weighted by Gasteiger charge is -2.22. The molecular formula is C13H26N2O2S. The Kier molecular flexibility index (Phi) is 5.79. The van der Waals surface area contributed by atoms with E-state index in [0.29, 0.717) is 18.5 Å². The zero-order valence-electron chi connectivity index (χ0n) is 11.7. The largest absolute Gasteiger partial charge is 0.387 e. The fourth-order valence-electron chi connectivity index (χ4n) is 1.86. The molecule has 3 N–H and O–H groups in total. The van der Waals surface area contributed by atoms with E-state index in [4.69, 9.17) is 0 Å². The van der Waals surface area contributed by atoms with Crippen LogP contribution >= 0.6 is 11.8 Å². The van der Waals surface area contributed by atoms with E-state index in [0.717, 1.165) is 30.8 Å². The number of rotatable bonds is 5. The van der Waals surface area contributed by atoms with Crippen LogP contribution in [-0.2, 0) is 0 Å². The average molecular weight is 274 g/mol. The van der Waals surface area contributed by atoms with Gasteiger partial charge in [0.2, 0.25) is 0 Å². The fraction of sp³-hybridized carbons (Fsp3) is 0.923. The molecule has 0 radical (unpaired) electrons. The molecule has 1 unspecified atom stereocenters. The van der Waals surface area contributed by atoms with Crippen molar-refractivity contribution in [1.29, 1.82) is 0 Å². The van der Waals surface area contributed by atoms with Crippen LogP contribution in [0.5, 0.6) is 0 Å². The van der Waals surface area contributed by atoms with E-state index < -0.39 is 5.60 Å². The van der Waals surface area contributed by atoms with Crippen molar-refractivity contribution in [3.63, 3.8) is 0 Å². The van der Waals surface area contributed by atoms with Gasteiger partial charge >= 0.3 is 6.03 Å². The van der Waals surface area contributed by atoms with Gasteiger partial charge in [-0.15, -0.1) is 0 Å². The third kappa shape index (κ3) is 6.50. The van der Waals surface area contributed by atoms with Gasteiger partial charge in [-0.1, -0.05) is 20.8 Å². The lowest BCUT2D eigenvalue weighted by atomic mass is 9.91. The predicted octanol–water partition coefficient (Wildman–Crippen LogP) is 1.98. The molecule has 1 fully saturated rings. The highest BCUT2D eigenvalue weighted by Gasteiger charge is 2.31. The van der Waals surface area contributed by atoms with Crippen molar-refractivity contribution in [2.24, 2.45) is 5.41 Å². The summed E-state index contributed by atoms with van der Waals surface area (Å²) < 4.78 is 0. The van der Waals surface area contributed by atoms with E-state index >= 15 is 0 Å². The first-order chi connectivity index (χ1) is 8.31. The standard InChI is InChI=1S/C13H26N2O2S/c1-12(2,3)5-4-7-14-11(16)15-9-13(17)6-8-18-10-13/h17H,4-10H2,1-3H3,(H2,14,15,16). The molecule has 1 aliphatic heterocycles. The first kappa shape index (κ1) is 15.6. The Morgan fingerprint density at radius 1 is 1.39 bits per heavy atom. The SMILES string of the molecule is CC(C)(C)CCCNC(=O)NCC1(O)CCSC1. The molecule has 0 spiro atoms. The van der Waals surface area contributed by atoms with Gasteiger partial charge in [-0.2, -0.15) is 11.8 Å². The van der Waals surface area contributed by atoms with Crippen LogP contribution in [0, 0.1) is 5.41 Å². The van der Waals surface area contributed by atoms with Crippen LogP contribution in [0.15, 0.2) is 0 Å². The van der Waals surface area contributed by atoms with Crippen LogP contribution in [0.3, 0.4) is 0 Å². The number of carbonyl (C=O) groups excluding carboxylic acids is 1. The van der Waals surface area contributed by atoms with Crippen LogP contribution in [0.4, 0.5) is 4.79 Å². The van der Waals surface area contributed by atoms with Crippen molar-refractivity contribution >= 4 is 17.8 Å². The van der Waals surface area contributed by atoms with E-state index in [1.807, 2.05) is 0 Å². The number of hydrogen-bond acceptors (Lipinski definition) is 3. The summed E-state index contributed by atoms with van der Waals surface area (Å²) in [4.78, 5) is 11.5. The van der Waals surface area contributed by atoms with Crippen molar-refractivity contribution in [2.45, 2.75) is 45.6 Å². The zero-order valence-corrected chi connectivity index (χ0v) is 12.5. The highest BCUT2D eigenvalue weighted by molar-refractivity contribution is 7.99. The molecule has 1 aliphatic rings. The number of thioether (sulfide) groups is 1. The molecule has 1 atom stereocenters. The summed E-state index contributed by atoms with van der Waals surface area (Å²) in [5.41, 5.74) is -0.387. The summed E-state index contributed by atoms with van der Waals surface area (Å²) in [6.07, 6.45) is 2.84. The molecule has 5 heteroatoms. The maximum atomic E-state index is 11.5. The number of amides is 2. The zero-order chi connectivity index (χ0) is 13.6. The molecule has 0 aromatic rings. The summed E-state index contributed by atoms with van der Waals surface area (Å²) >= 11 is 1.74. The lowest BCUT2D eigenvalue weighted by Crippen LogP contribution is -2.46. The molecule has 0 aromatic heterocycles. The summed E-state index contributed by atoms with van der Waals surface area (Å²) in [6, 6.07) is -0.172. The maximum Gasteiger partial charge on any atom is 0.314 e. The minimum atomic E-state index is -0.701. The third-order valence-corrected chi connectivity index (χ3v) is 4.28. The molecule has 4 nitrogen and oxygen atoms in total. The molecule has 0 aromatic carbocycles. The first-order valence-electron chi connectivity index (χ1n) is 6.63. The van der Waals surface area contributed by atoms with Crippen LogP contribution in [0.1, 0.15) is 40.0 Å². The van der Waals surface area contributed by atoms with Crippen LogP contribution in [-0.4, -0.2) is 41.3 Å². The molecule has 1 rings (SSSR count). The summed E-state index contributed by atoms with van der Waals surface area (Å²) in [5.74, 6) is 1.70. The Morgan fingerprint density at radius 3 is 2.67 bits per heavy atom. The Labute approximate surface area is 114 Å². The van der Waals surface area contributed by atoms with E-state index in [1.54, 1.807) is 11.8 Å². The molecular weight excluding hydrogens is 248 g/mol. The van der Waals surface area contributed by atoms with Crippen molar-refractivity contribution in [1.82, 2.24) is 10.6 Å². The van der Waals surface area contributed by atoms with Gasteiger partial charge in [0.1, 0.15) is 0 Å². The highest BCUT2D eigenvalue weighted by atomic mass is 32.2. The summed E-state index contributed by atoms with van der Waals surface area (Å²) in [5, 5.41) is 15.6. The van der Waals surface area contributed by atoms with Gasteiger partial charge in [-0.05, 0) is 30.4 Å². The van der Waals surface area contributed by atoms with Crippen molar-refractivity contribution in [2.75, 3.05) is 24.6 Å². The summed E-state index contributed by atoms with van der Waals surface area (Å²) in [7, 11) is 0. The van der Waals surface area contributed by atoms with E-state index in [-0.39, 0.29) is 6.03 Å². The Bertz CT molecular complexity index is 271. The van der Waals surface area contributed by atoms with Gasteiger partial charge < -0.3 is 15.7 Å². The topological polar surface area (TPSA) is 61.4 Å². The van der Waals surface area contributed by atoms with Crippen molar-refractivity contribution in [3.05, 3.63) is 0 Å². The van der Waals surface area contributed by atoms with Crippen LogP contribution < -0.4 is 10.6 Å². The Balaban J connectivity index is 2.07. The molecule has 0 bridgehead atoms. The first-order valence-corrected chi connectivity index (χ1v) is 7.78. The van der Waals surface area contributed by atoms with Gasteiger partial charge in [-0.3, -0.25) is 0 Å². The second-order valence-electron chi connectivity index (χ2n) is 6.30. The average Bonchev–Trinajstić information content (AvgIpc) is 2.68. The van der Waals surface area contributed by atoms with Gasteiger partial charge in [0.25, 0.3) is 0 Å². The highest BCUT2D eigenvalue weighted by Crippen LogP contribution is 2.26. The van der Waals surface area contributed by atoms with Crippen LogP contribution in [0.25, 0.3) is 0 Å². The van der Waals surface area contributed by atoms with Crippen LogP contribution in [0.2, 0.25) is 0 Å². The normalized spacial score (nSPS) is 24.0. The molecule has 2 amide bonds. The van der Waals surface area contributed by atoms with Gasteiger partial charge in [-0.25, -0.2) is 4.79 Å². The molecule has 0 saturated carbocycles. The number of urea groups is 1.